The number of fused-ring (bicyclic) bond motifs is 1. The van der Waals surface area contributed by atoms with Crippen LogP contribution in [0.1, 0.15) is 51.5 Å². The van der Waals surface area contributed by atoms with Crippen molar-refractivity contribution in [3.05, 3.63) is 47.3 Å². The Balaban J connectivity index is 1.17. The maximum atomic E-state index is 5.61. The summed E-state index contributed by atoms with van der Waals surface area (Å²) in [4.78, 5) is 10.1. The molecule has 1 spiro atoms. The normalized spacial score (nSPS) is 18.3. The lowest BCUT2D eigenvalue weighted by Gasteiger charge is -2.44. The van der Waals surface area contributed by atoms with Crippen LogP contribution in [0.15, 0.2) is 41.8 Å². The first kappa shape index (κ1) is 25.7. The monoisotopic (exact) mass is 506 g/mol. The zero-order chi connectivity index (χ0) is 24.8. The number of aromatic nitrogens is 1. The van der Waals surface area contributed by atoms with Gasteiger partial charge in [0.2, 0.25) is 0 Å². The van der Waals surface area contributed by atoms with Gasteiger partial charge in [-0.2, -0.15) is 0 Å². The lowest BCUT2D eigenvalue weighted by molar-refractivity contribution is -0.0204. The minimum absolute atomic E-state index is 0.578. The number of rotatable bonds is 10. The van der Waals surface area contributed by atoms with E-state index in [1.807, 2.05) is 0 Å². The number of anilines is 1. The summed E-state index contributed by atoms with van der Waals surface area (Å²) in [6.07, 6.45) is 6.40. The van der Waals surface area contributed by atoms with Gasteiger partial charge in [0.1, 0.15) is 0 Å². The van der Waals surface area contributed by atoms with Crippen molar-refractivity contribution in [3.63, 3.8) is 0 Å². The third-order valence-electron chi connectivity index (χ3n) is 8.40. The van der Waals surface area contributed by atoms with Gasteiger partial charge in [0.05, 0.1) is 21.6 Å². The molecule has 0 bridgehead atoms. The van der Waals surface area contributed by atoms with Crippen LogP contribution in [0.5, 0.6) is 0 Å². The Morgan fingerprint density at radius 1 is 1.03 bits per heavy atom. The largest absolute Gasteiger partial charge is 0.384 e. The van der Waals surface area contributed by atoms with Crippen LogP contribution in [0.4, 0.5) is 5.69 Å². The number of hydrogen-bond donors (Lipinski definition) is 1. The van der Waals surface area contributed by atoms with Crippen molar-refractivity contribution in [1.29, 1.82) is 0 Å². The fourth-order valence-electron chi connectivity index (χ4n) is 5.80. The summed E-state index contributed by atoms with van der Waals surface area (Å²) >= 11 is 1.78. The van der Waals surface area contributed by atoms with Gasteiger partial charge in [-0.15, -0.1) is 11.3 Å². The highest BCUT2D eigenvalue weighted by atomic mass is 32.1. The quantitative estimate of drug-likeness (QED) is 0.318. The molecule has 1 aromatic carbocycles. The molecule has 1 N–H and O–H groups in total. The van der Waals surface area contributed by atoms with Crippen molar-refractivity contribution in [1.82, 2.24) is 14.8 Å². The van der Waals surface area contributed by atoms with Gasteiger partial charge >= 0.3 is 0 Å². The van der Waals surface area contributed by atoms with Crippen molar-refractivity contribution in [2.45, 2.75) is 52.5 Å². The van der Waals surface area contributed by atoms with Crippen molar-refractivity contribution in [2.75, 3.05) is 57.8 Å². The zero-order valence-corrected chi connectivity index (χ0v) is 22.9. The fraction of sp³-hybridized carbons (Fsp3) is 0.567. The highest BCUT2D eigenvalue weighted by Gasteiger charge is 2.35. The topological polar surface area (TPSA) is 40.6 Å². The Labute approximate surface area is 220 Å². The molecule has 6 heteroatoms. The Morgan fingerprint density at radius 3 is 2.50 bits per heavy atom. The summed E-state index contributed by atoms with van der Waals surface area (Å²) in [5, 5.41) is 5.91. The first-order chi connectivity index (χ1) is 17.7. The first-order valence-electron chi connectivity index (χ1n) is 13.9. The molecule has 4 heterocycles. The molecule has 2 aliphatic heterocycles. The van der Waals surface area contributed by atoms with Crippen LogP contribution in [0.25, 0.3) is 21.5 Å². The minimum atomic E-state index is 0.578. The fourth-order valence-corrected chi connectivity index (χ4v) is 6.63. The van der Waals surface area contributed by atoms with Gasteiger partial charge in [-0.05, 0) is 93.3 Å². The van der Waals surface area contributed by atoms with Gasteiger partial charge in [-0.1, -0.05) is 38.1 Å². The summed E-state index contributed by atoms with van der Waals surface area (Å²) in [6.45, 7) is 14.2. The molecule has 0 atom stereocenters. The van der Waals surface area contributed by atoms with E-state index in [0.29, 0.717) is 5.41 Å². The second-order valence-corrected chi connectivity index (χ2v) is 11.5. The van der Waals surface area contributed by atoms with E-state index in [2.05, 4.69) is 70.7 Å². The van der Waals surface area contributed by atoms with Gasteiger partial charge in [-0.3, -0.25) is 4.90 Å². The highest BCUT2D eigenvalue weighted by Crippen LogP contribution is 2.40. The van der Waals surface area contributed by atoms with Gasteiger partial charge < -0.3 is 15.0 Å². The van der Waals surface area contributed by atoms with E-state index in [-0.39, 0.29) is 0 Å². The van der Waals surface area contributed by atoms with Crippen LogP contribution in [0.2, 0.25) is 0 Å². The molecule has 0 amide bonds. The predicted octanol–water partition coefficient (Wildman–Crippen LogP) is 6.50. The molecular formula is C30H42N4OS. The summed E-state index contributed by atoms with van der Waals surface area (Å²) in [7, 11) is 0. The summed E-state index contributed by atoms with van der Waals surface area (Å²) in [6, 6.07) is 13.3. The molecule has 0 radical (unpaired) electrons. The molecular weight excluding hydrogens is 464 g/mol. The molecule has 2 fully saturated rings. The number of thiophene rings is 1. The number of likely N-dealkylation sites (tertiary alicyclic amines) is 1. The van der Waals surface area contributed by atoms with E-state index in [1.165, 1.54) is 73.3 Å². The summed E-state index contributed by atoms with van der Waals surface area (Å²) in [5.41, 5.74) is 6.48. The number of nitrogens with one attached hydrogen (secondary N) is 1. The molecule has 0 aliphatic carbocycles. The lowest BCUT2D eigenvalue weighted by Crippen LogP contribution is -2.43. The van der Waals surface area contributed by atoms with Crippen molar-refractivity contribution < 1.29 is 4.74 Å². The highest BCUT2D eigenvalue weighted by molar-refractivity contribution is 7.17. The molecule has 5 nitrogen and oxygen atoms in total. The van der Waals surface area contributed by atoms with E-state index in [9.17, 15) is 0 Å². The number of benzene rings is 1. The smallest absolute Gasteiger partial charge is 0.0838 e. The van der Waals surface area contributed by atoms with Gasteiger partial charge in [0.15, 0.2) is 0 Å². The number of piperidine rings is 1. The average molecular weight is 507 g/mol. The van der Waals surface area contributed by atoms with E-state index in [1.54, 1.807) is 11.3 Å². The predicted molar refractivity (Wildman–Crippen MR) is 153 cm³/mol. The van der Waals surface area contributed by atoms with Crippen LogP contribution in [-0.2, 0) is 11.3 Å². The zero-order valence-electron chi connectivity index (χ0n) is 22.1. The third-order valence-corrected chi connectivity index (χ3v) is 9.34. The van der Waals surface area contributed by atoms with E-state index in [0.717, 1.165) is 50.6 Å². The first-order valence-corrected chi connectivity index (χ1v) is 14.8. The molecule has 0 unspecified atom stereocenters. The number of ether oxygens (including phenoxy) is 1. The summed E-state index contributed by atoms with van der Waals surface area (Å²) < 4.78 is 6.87. The molecule has 2 saturated heterocycles. The van der Waals surface area contributed by atoms with Crippen LogP contribution >= 0.6 is 11.3 Å². The molecule has 194 valence electrons. The van der Waals surface area contributed by atoms with Crippen molar-refractivity contribution in [2.24, 2.45) is 5.41 Å². The van der Waals surface area contributed by atoms with E-state index < -0.39 is 0 Å². The minimum Gasteiger partial charge on any atom is -0.384 e. The van der Waals surface area contributed by atoms with Crippen LogP contribution in [0.3, 0.4) is 0 Å². The van der Waals surface area contributed by atoms with E-state index in [4.69, 9.17) is 9.72 Å². The lowest BCUT2D eigenvalue weighted by atomic mass is 9.72. The van der Waals surface area contributed by atoms with Crippen molar-refractivity contribution >= 4 is 27.2 Å². The Kier molecular flexibility index (Phi) is 8.58. The second-order valence-electron chi connectivity index (χ2n) is 10.6. The molecule has 5 rings (SSSR count). The van der Waals surface area contributed by atoms with Gasteiger partial charge in [-0.25, -0.2) is 4.98 Å². The van der Waals surface area contributed by atoms with Crippen LogP contribution in [0, 0.1) is 5.41 Å². The second kappa shape index (κ2) is 12.0. The Bertz CT molecular complexity index is 1090. The standard InChI is InChI=1S/C30H42N4OS/c1-3-33(4-2)23-24-6-8-25(9-7-24)27-22-28(29-26(32-27)10-21-36-29)31-15-5-16-34-17-11-30(12-18-34)13-19-35-20-14-30/h6-10,21-22H,3-5,11-20,23H2,1-2H3,(H,31,32). The molecule has 0 saturated carbocycles. The summed E-state index contributed by atoms with van der Waals surface area (Å²) in [5.74, 6) is 0. The number of pyridine rings is 1. The van der Waals surface area contributed by atoms with Crippen molar-refractivity contribution in [3.8, 4) is 11.3 Å². The van der Waals surface area contributed by atoms with Gasteiger partial charge in [0, 0.05) is 31.9 Å². The molecule has 36 heavy (non-hydrogen) atoms. The maximum absolute atomic E-state index is 5.61. The number of nitrogens with zero attached hydrogens (tertiary/aromatic N) is 3. The molecule has 3 aromatic rings. The number of hydrogen-bond acceptors (Lipinski definition) is 6. The molecule has 2 aliphatic rings. The average Bonchev–Trinajstić information content (AvgIpc) is 3.41. The molecule has 2 aromatic heterocycles. The third kappa shape index (κ3) is 6.10. The van der Waals surface area contributed by atoms with Gasteiger partial charge in [0.25, 0.3) is 0 Å². The maximum Gasteiger partial charge on any atom is 0.0838 e. The Morgan fingerprint density at radius 2 is 1.78 bits per heavy atom. The Hall–Kier alpha value is -1.99. The van der Waals surface area contributed by atoms with E-state index >= 15 is 0 Å². The van der Waals surface area contributed by atoms with Crippen LogP contribution < -0.4 is 5.32 Å². The SMILES string of the molecule is CCN(CC)Cc1ccc(-c2cc(NCCCN3CCC4(CCOCC4)CC3)c3sccc3n2)cc1. The van der Waals surface area contributed by atoms with Crippen LogP contribution in [-0.4, -0.2) is 67.3 Å².